The smallest absolute Gasteiger partial charge is 0.255 e. The Kier molecular flexibility index (Phi) is 5.03. The summed E-state index contributed by atoms with van der Waals surface area (Å²) in [6.07, 6.45) is 8.52. The first-order chi connectivity index (χ1) is 12.0. The van der Waals surface area contributed by atoms with Crippen LogP contribution in [0.2, 0.25) is 0 Å². The fourth-order valence-electron chi connectivity index (χ4n) is 3.08. The highest BCUT2D eigenvalue weighted by Crippen LogP contribution is 2.22. The zero-order valence-electron chi connectivity index (χ0n) is 14.8. The molecule has 1 aliphatic heterocycles. The number of aryl methyl sites for hydroxylation is 1. The van der Waals surface area contributed by atoms with Gasteiger partial charge in [-0.1, -0.05) is 0 Å². The Morgan fingerprint density at radius 3 is 2.80 bits per heavy atom. The van der Waals surface area contributed by atoms with Crippen LogP contribution in [0, 0.1) is 0 Å². The number of rotatable bonds is 5. The molecule has 1 amide bonds. The summed E-state index contributed by atoms with van der Waals surface area (Å²) in [5.41, 5.74) is 0.0290. The number of hydrogen-bond acceptors (Lipinski definition) is 5. The molecule has 1 atom stereocenters. The van der Waals surface area contributed by atoms with Gasteiger partial charge in [-0.3, -0.25) is 9.48 Å². The average molecular weight is 343 g/mol. The summed E-state index contributed by atoms with van der Waals surface area (Å²) in [6.45, 7) is 3.61. The van der Waals surface area contributed by atoms with Gasteiger partial charge in [0.05, 0.1) is 18.3 Å². The highest BCUT2D eigenvalue weighted by molar-refractivity contribution is 5.98. The first kappa shape index (κ1) is 17.4. The lowest BCUT2D eigenvalue weighted by molar-refractivity contribution is 0.0526. The fourth-order valence-corrected chi connectivity index (χ4v) is 3.08. The Morgan fingerprint density at radius 2 is 2.12 bits per heavy atom. The summed E-state index contributed by atoms with van der Waals surface area (Å²) in [4.78, 5) is 19.3. The molecule has 2 aromatic heterocycles. The van der Waals surface area contributed by atoms with E-state index in [-0.39, 0.29) is 12.5 Å². The van der Waals surface area contributed by atoms with Crippen LogP contribution in [-0.2, 0) is 12.6 Å². The van der Waals surface area contributed by atoms with Gasteiger partial charge in [0.15, 0.2) is 0 Å². The molecule has 1 aliphatic rings. The number of aromatic nitrogens is 3. The second-order valence-electron chi connectivity index (χ2n) is 6.78. The first-order valence-electron chi connectivity index (χ1n) is 8.67. The zero-order chi connectivity index (χ0) is 17.9. The largest absolute Gasteiger partial charge is 0.383 e. The Labute approximate surface area is 147 Å². The van der Waals surface area contributed by atoms with Crippen molar-refractivity contribution in [3.8, 4) is 0 Å². The highest BCUT2D eigenvalue weighted by Gasteiger charge is 2.27. The van der Waals surface area contributed by atoms with E-state index in [0.717, 1.165) is 31.7 Å². The van der Waals surface area contributed by atoms with Crippen molar-refractivity contribution in [1.29, 1.82) is 0 Å². The van der Waals surface area contributed by atoms with Gasteiger partial charge in [0.25, 0.3) is 5.91 Å². The van der Waals surface area contributed by atoms with Gasteiger partial charge < -0.3 is 15.3 Å². The van der Waals surface area contributed by atoms with Crippen molar-refractivity contribution >= 4 is 11.7 Å². The lowest BCUT2D eigenvalue weighted by Crippen LogP contribution is -2.39. The van der Waals surface area contributed by atoms with Gasteiger partial charge in [-0.2, -0.15) is 5.10 Å². The summed E-state index contributed by atoms with van der Waals surface area (Å²) in [5, 5.41) is 17.5. The van der Waals surface area contributed by atoms with E-state index in [1.54, 1.807) is 49.4 Å². The Morgan fingerprint density at radius 1 is 1.36 bits per heavy atom. The third kappa shape index (κ3) is 3.99. The van der Waals surface area contributed by atoms with Crippen molar-refractivity contribution in [2.45, 2.75) is 31.8 Å². The molecular weight excluding hydrogens is 318 g/mol. The van der Waals surface area contributed by atoms with E-state index in [1.807, 2.05) is 0 Å². The van der Waals surface area contributed by atoms with Gasteiger partial charge in [0.2, 0.25) is 0 Å². The van der Waals surface area contributed by atoms with Crippen molar-refractivity contribution < 1.29 is 9.90 Å². The molecule has 7 heteroatoms. The van der Waals surface area contributed by atoms with E-state index in [2.05, 4.69) is 20.3 Å². The molecule has 1 fully saturated rings. The number of nitrogens with one attached hydrogen (secondary N) is 1. The normalized spacial score (nSPS) is 17.2. The van der Waals surface area contributed by atoms with Crippen LogP contribution in [-0.4, -0.2) is 45.4 Å². The molecule has 0 aliphatic carbocycles. The number of carbonyl (C=O) groups is 1. The average Bonchev–Trinajstić information content (AvgIpc) is 3.08. The summed E-state index contributed by atoms with van der Waals surface area (Å²) < 4.78 is 1.63. The second kappa shape index (κ2) is 7.23. The maximum atomic E-state index is 12.7. The highest BCUT2D eigenvalue weighted by atomic mass is 16.3. The maximum absolute atomic E-state index is 12.7. The molecule has 0 bridgehead atoms. The van der Waals surface area contributed by atoms with Crippen molar-refractivity contribution in [2.75, 3.05) is 24.5 Å². The fraction of sp³-hybridized carbons (Fsp3) is 0.500. The van der Waals surface area contributed by atoms with Gasteiger partial charge in [-0.25, -0.2) is 4.98 Å². The molecular formula is C18H25N5O2. The molecule has 25 heavy (non-hydrogen) atoms. The predicted octanol–water partition coefficient (Wildman–Crippen LogP) is 1.44. The molecule has 7 nitrogen and oxygen atoms in total. The summed E-state index contributed by atoms with van der Waals surface area (Å²) in [7, 11) is 1.79. The van der Waals surface area contributed by atoms with E-state index in [9.17, 15) is 9.90 Å². The van der Waals surface area contributed by atoms with Crippen LogP contribution in [0.4, 0.5) is 5.82 Å². The summed E-state index contributed by atoms with van der Waals surface area (Å²) >= 11 is 0. The van der Waals surface area contributed by atoms with Crippen LogP contribution in [0.1, 0.15) is 42.1 Å². The molecule has 3 rings (SSSR count). The van der Waals surface area contributed by atoms with Gasteiger partial charge in [-0.15, -0.1) is 0 Å². The molecule has 2 N–H and O–H groups in total. The first-order valence-corrected chi connectivity index (χ1v) is 8.67. The summed E-state index contributed by atoms with van der Waals surface area (Å²) in [5.74, 6) is 0.499. The Hall–Kier alpha value is -2.41. The van der Waals surface area contributed by atoms with Crippen LogP contribution in [0.5, 0.6) is 0 Å². The number of amides is 1. The standard InChI is InChI=1S/C18H25N5O2/c1-18(25,14-11-21-22(2)12-14)13-20-17(24)15-7-6-8-19-16(15)23-9-4-3-5-10-23/h6-8,11-12,25H,3-5,9-10,13H2,1-2H3,(H,20,24)/t18-/m0/s1. The topological polar surface area (TPSA) is 83.3 Å². The molecule has 0 saturated carbocycles. The van der Waals surface area contributed by atoms with E-state index < -0.39 is 5.60 Å². The van der Waals surface area contributed by atoms with Crippen molar-refractivity contribution in [3.63, 3.8) is 0 Å². The molecule has 0 radical (unpaired) electrons. The number of aliphatic hydroxyl groups is 1. The van der Waals surface area contributed by atoms with Crippen LogP contribution in [0.25, 0.3) is 0 Å². The number of carbonyl (C=O) groups excluding carboxylic acids is 1. The molecule has 134 valence electrons. The van der Waals surface area contributed by atoms with E-state index in [1.165, 1.54) is 6.42 Å². The zero-order valence-corrected chi connectivity index (χ0v) is 14.8. The number of anilines is 1. The SMILES string of the molecule is Cn1cc([C@@](C)(O)CNC(=O)c2cccnc2N2CCCCC2)cn1. The van der Waals surface area contributed by atoms with Gasteiger partial charge in [0, 0.05) is 38.1 Å². The Bertz CT molecular complexity index is 735. The van der Waals surface area contributed by atoms with E-state index in [4.69, 9.17) is 0 Å². The molecule has 1 saturated heterocycles. The van der Waals surface area contributed by atoms with E-state index in [0.29, 0.717) is 11.1 Å². The molecule has 0 spiro atoms. The lowest BCUT2D eigenvalue weighted by Gasteiger charge is -2.29. The van der Waals surface area contributed by atoms with Crippen LogP contribution < -0.4 is 10.2 Å². The van der Waals surface area contributed by atoms with Crippen molar-refractivity contribution in [1.82, 2.24) is 20.1 Å². The summed E-state index contributed by atoms with van der Waals surface area (Å²) in [6, 6.07) is 3.55. The lowest BCUT2D eigenvalue weighted by atomic mass is 9.99. The third-order valence-electron chi connectivity index (χ3n) is 4.61. The minimum Gasteiger partial charge on any atom is -0.383 e. The van der Waals surface area contributed by atoms with Crippen LogP contribution in [0.3, 0.4) is 0 Å². The monoisotopic (exact) mass is 343 g/mol. The predicted molar refractivity (Wildman–Crippen MR) is 95.4 cm³/mol. The van der Waals surface area contributed by atoms with E-state index >= 15 is 0 Å². The van der Waals surface area contributed by atoms with Crippen LogP contribution >= 0.6 is 0 Å². The van der Waals surface area contributed by atoms with Crippen molar-refractivity contribution in [3.05, 3.63) is 41.9 Å². The van der Waals surface area contributed by atoms with Crippen LogP contribution in [0.15, 0.2) is 30.7 Å². The number of nitrogens with zero attached hydrogens (tertiary/aromatic N) is 4. The quantitative estimate of drug-likeness (QED) is 0.858. The number of piperidine rings is 1. The third-order valence-corrected chi connectivity index (χ3v) is 4.61. The molecule has 2 aromatic rings. The Balaban J connectivity index is 1.71. The minimum absolute atomic E-state index is 0.103. The maximum Gasteiger partial charge on any atom is 0.255 e. The van der Waals surface area contributed by atoms with Crippen molar-refractivity contribution in [2.24, 2.45) is 7.05 Å². The van der Waals surface area contributed by atoms with Gasteiger partial charge in [0.1, 0.15) is 11.4 Å². The molecule has 3 heterocycles. The number of hydrogen-bond donors (Lipinski definition) is 2. The van der Waals surface area contributed by atoms with Gasteiger partial charge in [-0.05, 0) is 38.3 Å². The molecule has 0 unspecified atom stereocenters. The second-order valence-corrected chi connectivity index (χ2v) is 6.78. The van der Waals surface area contributed by atoms with Gasteiger partial charge >= 0.3 is 0 Å². The minimum atomic E-state index is -1.18. The molecule has 0 aromatic carbocycles. The number of pyridine rings is 1.